The van der Waals surface area contributed by atoms with E-state index < -0.39 is 42.2 Å². The molecule has 9 nitrogen and oxygen atoms in total. The van der Waals surface area contributed by atoms with E-state index in [0.29, 0.717) is 0 Å². The third-order valence-electron chi connectivity index (χ3n) is 3.15. The van der Waals surface area contributed by atoms with E-state index in [1.165, 1.54) is 24.3 Å². The van der Waals surface area contributed by atoms with Crippen molar-refractivity contribution in [3.63, 3.8) is 0 Å². The largest absolute Gasteiger partial charge is 0.455 e. The first kappa shape index (κ1) is 15.6. The van der Waals surface area contributed by atoms with Crippen LogP contribution in [0.15, 0.2) is 24.3 Å². The maximum atomic E-state index is 10.9. The van der Waals surface area contributed by atoms with E-state index in [9.17, 15) is 25.4 Å². The highest BCUT2D eigenvalue weighted by Gasteiger charge is 2.45. The van der Waals surface area contributed by atoms with E-state index in [-0.39, 0.29) is 11.4 Å². The third-order valence-corrected chi connectivity index (χ3v) is 3.15. The number of nitro benzene ring substituents is 1. The van der Waals surface area contributed by atoms with E-state index >= 15 is 0 Å². The molecule has 2 rings (SSSR count). The fraction of sp³-hybridized carbons (Fsp3) is 0.500. The van der Waals surface area contributed by atoms with Gasteiger partial charge in [-0.1, -0.05) is 12.1 Å². The van der Waals surface area contributed by atoms with Gasteiger partial charge in [0.1, 0.15) is 24.4 Å². The molecular formula is C12H15NO8. The molecule has 0 saturated carbocycles. The van der Waals surface area contributed by atoms with E-state index in [0.717, 1.165) is 0 Å². The predicted molar refractivity (Wildman–Crippen MR) is 67.5 cm³/mol. The quantitative estimate of drug-likeness (QED) is 0.400. The van der Waals surface area contributed by atoms with Crippen LogP contribution >= 0.6 is 0 Å². The third kappa shape index (κ3) is 3.12. The van der Waals surface area contributed by atoms with Crippen molar-refractivity contribution in [3.05, 3.63) is 34.4 Å². The predicted octanol–water partition coefficient (Wildman–Crippen LogP) is -1.23. The van der Waals surface area contributed by atoms with Crippen LogP contribution < -0.4 is 4.74 Å². The summed E-state index contributed by atoms with van der Waals surface area (Å²) in [6.07, 6.45) is -7.35. The molecule has 1 fully saturated rings. The SMILES string of the molecule is O=[N+]([O-])c1ccccc1O[C@@H]1O[C@H](CO)[C@@H](O)[C@H](O)[C@H]1O. The maximum Gasteiger partial charge on any atom is 0.311 e. The summed E-state index contributed by atoms with van der Waals surface area (Å²) in [7, 11) is 0. The first-order valence-electron chi connectivity index (χ1n) is 6.16. The molecule has 1 aromatic carbocycles. The molecule has 4 N–H and O–H groups in total. The molecule has 116 valence electrons. The Kier molecular flexibility index (Phi) is 4.70. The second-order valence-electron chi connectivity index (χ2n) is 4.54. The van der Waals surface area contributed by atoms with E-state index in [2.05, 4.69) is 0 Å². The molecule has 0 bridgehead atoms. The lowest BCUT2D eigenvalue weighted by molar-refractivity contribution is -0.387. The van der Waals surface area contributed by atoms with Crippen molar-refractivity contribution < 1.29 is 34.8 Å². The van der Waals surface area contributed by atoms with Crippen LogP contribution in [0.4, 0.5) is 5.69 Å². The van der Waals surface area contributed by atoms with Gasteiger partial charge in [-0.3, -0.25) is 10.1 Å². The van der Waals surface area contributed by atoms with E-state index in [1.54, 1.807) is 0 Å². The van der Waals surface area contributed by atoms with Gasteiger partial charge in [-0.25, -0.2) is 0 Å². The van der Waals surface area contributed by atoms with Gasteiger partial charge in [0.15, 0.2) is 5.75 Å². The second-order valence-corrected chi connectivity index (χ2v) is 4.54. The molecule has 1 aromatic rings. The molecule has 1 heterocycles. The number of para-hydroxylation sites is 2. The minimum absolute atomic E-state index is 0.160. The number of nitro groups is 1. The monoisotopic (exact) mass is 301 g/mol. The Balaban J connectivity index is 2.20. The van der Waals surface area contributed by atoms with Gasteiger partial charge < -0.3 is 29.9 Å². The Morgan fingerprint density at radius 2 is 1.86 bits per heavy atom. The van der Waals surface area contributed by atoms with Crippen LogP contribution in [-0.2, 0) is 4.74 Å². The molecule has 0 spiro atoms. The van der Waals surface area contributed by atoms with Gasteiger partial charge >= 0.3 is 5.69 Å². The summed E-state index contributed by atoms with van der Waals surface area (Å²) >= 11 is 0. The highest BCUT2D eigenvalue weighted by Crippen LogP contribution is 2.30. The second kappa shape index (κ2) is 6.33. The molecule has 9 heteroatoms. The Labute approximate surface area is 119 Å². The van der Waals surface area contributed by atoms with Crippen molar-refractivity contribution in [2.45, 2.75) is 30.7 Å². The Morgan fingerprint density at radius 1 is 1.19 bits per heavy atom. The van der Waals surface area contributed by atoms with Gasteiger partial charge in [0.2, 0.25) is 6.29 Å². The minimum atomic E-state index is -1.62. The number of hydrogen-bond acceptors (Lipinski definition) is 8. The van der Waals surface area contributed by atoms with Crippen molar-refractivity contribution in [1.82, 2.24) is 0 Å². The van der Waals surface area contributed by atoms with Crippen LogP contribution in [0.3, 0.4) is 0 Å². The molecule has 1 aliphatic heterocycles. The first-order valence-corrected chi connectivity index (χ1v) is 6.16. The zero-order valence-corrected chi connectivity index (χ0v) is 10.8. The molecule has 0 unspecified atom stereocenters. The molecule has 21 heavy (non-hydrogen) atoms. The zero-order chi connectivity index (χ0) is 15.6. The van der Waals surface area contributed by atoms with Gasteiger partial charge in [-0.2, -0.15) is 0 Å². The topological polar surface area (TPSA) is 143 Å². The van der Waals surface area contributed by atoms with Gasteiger partial charge in [0.25, 0.3) is 0 Å². The fourth-order valence-corrected chi connectivity index (χ4v) is 2.00. The van der Waals surface area contributed by atoms with Crippen LogP contribution in [-0.4, -0.2) is 62.7 Å². The normalized spacial score (nSPS) is 32.7. The lowest BCUT2D eigenvalue weighted by Gasteiger charge is -2.39. The number of ether oxygens (including phenoxy) is 2. The van der Waals surface area contributed by atoms with E-state index in [1.807, 2.05) is 0 Å². The Hall–Kier alpha value is -1.78. The number of aliphatic hydroxyl groups is 4. The van der Waals surface area contributed by atoms with Gasteiger partial charge in [-0.15, -0.1) is 0 Å². The summed E-state index contributed by atoms with van der Waals surface area (Å²) in [6, 6.07) is 5.45. The van der Waals surface area contributed by atoms with Crippen molar-refractivity contribution >= 4 is 5.69 Å². The van der Waals surface area contributed by atoms with Crippen LogP contribution in [0.25, 0.3) is 0 Å². The van der Waals surface area contributed by atoms with Gasteiger partial charge in [0.05, 0.1) is 11.5 Å². The first-order chi connectivity index (χ1) is 9.95. The van der Waals surface area contributed by atoms with Crippen molar-refractivity contribution in [3.8, 4) is 5.75 Å². The Bertz CT molecular complexity index is 508. The summed E-state index contributed by atoms with van der Waals surface area (Å²) in [4.78, 5) is 10.2. The average Bonchev–Trinajstić information content (AvgIpc) is 2.48. The summed E-state index contributed by atoms with van der Waals surface area (Å²) in [5, 5.41) is 49.0. The number of nitrogens with zero attached hydrogens (tertiary/aromatic N) is 1. The fourth-order valence-electron chi connectivity index (χ4n) is 2.00. The molecule has 5 atom stereocenters. The van der Waals surface area contributed by atoms with Crippen LogP contribution in [0.1, 0.15) is 0 Å². The summed E-state index contributed by atoms with van der Waals surface area (Å²) in [5.41, 5.74) is -0.338. The van der Waals surface area contributed by atoms with E-state index in [4.69, 9.17) is 14.6 Å². The highest BCUT2D eigenvalue weighted by atomic mass is 16.7. The number of rotatable bonds is 4. The van der Waals surface area contributed by atoms with Crippen LogP contribution in [0, 0.1) is 10.1 Å². The zero-order valence-electron chi connectivity index (χ0n) is 10.8. The number of hydrogen-bond donors (Lipinski definition) is 4. The summed E-state index contributed by atoms with van der Waals surface area (Å²) < 4.78 is 10.3. The average molecular weight is 301 g/mol. The lowest BCUT2D eigenvalue weighted by Crippen LogP contribution is -2.60. The highest BCUT2D eigenvalue weighted by molar-refractivity contribution is 5.45. The summed E-state index contributed by atoms with van der Waals surface area (Å²) in [5.74, 6) is -0.160. The molecular weight excluding hydrogens is 286 g/mol. The molecule has 0 aromatic heterocycles. The van der Waals surface area contributed by atoms with Crippen molar-refractivity contribution in [1.29, 1.82) is 0 Å². The van der Waals surface area contributed by atoms with Gasteiger partial charge in [-0.05, 0) is 6.07 Å². The number of aliphatic hydroxyl groups excluding tert-OH is 4. The van der Waals surface area contributed by atoms with Crippen molar-refractivity contribution in [2.75, 3.05) is 6.61 Å². The summed E-state index contributed by atoms with van der Waals surface area (Å²) in [6.45, 7) is -0.609. The minimum Gasteiger partial charge on any atom is -0.455 e. The standard InChI is InChI=1S/C12H15NO8/c14-5-8-9(15)10(16)11(17)12(21-8)20-7-4-2-1-3-6(7)13(18)19/h1-4,8-12,14-17H,5H2/t8-,9-,10+,11-,12-/m1/s1. The molecule has 0 amide bonds. The van der Waals surface area contributed by atoms with Gasteiger partial charge in [0, 0.05) is 6.07 Å². The molecule has 0 aliphatic carbocycles. The Morgan fingerprint density at radius 3 is 2.48 bits per heavy atom. The van der Waals surface area contributed by atoms with Crippen LogP contribution in [0.2, 0.25) is 0 Å². The molecule has 1 aliphatic rings. The van der Waals surface area contributed by atoms with Crippen LogP contribution in [0.5, 0.6) is 5.75 Å². The number of benzene rings is 1. The molecule has 1 saturated heterocycles. The maximum absolute atomic E-state index is 10.9. The smallest absolute Gasteiger partial charge is 0.311 e. The van der Waals surface area contributed by atoms with Crippen molar-refractivity contribution in [2.24, 2.45) is 0 Å². The molecule has 0 radical (unpaired) electrons. The lowest BCUT2D eigenvalue weighted by atomic mass is 9.99.